The highest BCUT2D eigenvalue weighted by Crippen LogP contribution is 2.36. The Balaban J connectivity index is 1.27. The number of ether oxygens (including phenoxy) is 2. The van der Waals surface area contributed by atoms with E-state index < -0.39 is 0 Å². The van der Waals surface area contributed by atoms with Crippen LogP contribution in [-0.2, 0) is 11.2 Å². The Morgan fingerprint density at radius 2 is 1.88 bits per heavy atom. The monoisotopic (exact) mass is 490 g/mol. The van der Waals surface area contributed by atoms with E-state index in [1.54, 1.807) is 28.4 Å². The van der Waals surface area contributed by atoms with Crippen molar-refractivity contribution in [1.29, 1.82) is 0 Å². The van der Waals surface area contributed by atoms with Crippen molar-refractivity contribution in [2.45, 2.75) is 12.8 Å². The van der Waals surface area contributed by atoms with Crippen molar-refractivity contribution in [1.82, 2.24) is 4.98 Å². The molecule has 3 aromatic carbocycles. The maximum Gasteiger partial charge on any atom is 0.265 e. The smallest absolute Gasteiger partial charge is 0.265 e. The summed E-state index contributed by atoms with van der Waals surface area (Å²) < 4.78 is 11.5. The summed E-state index contributed by atoms with van der Waals surface area (Å²) in [6, 6.07) is 23.5. The third kappa shape index (κ3) is 5.24. The summed E-state index contributed by atoms with van der Waals surface area (Å²) >= 11 is 7.56. The summed E-state index contributed by atoms with van der Waals surface area (Å²) in [5.41, 5.74) is 3.88. The molecule has 0 aliphatic carbocycles. The number of carbonyl (C=O) groups excluding carboxylic acids is 1. The van der Waals surface area contributed by atoms with Crippen LogP contribution in [0.25, 0.3) is 11.3 Å². The summed E-state index contributed by atoms with van der Waals surface area (Å²) in [4.78, 5) is 19.3. The first-order chi connectivity index (χ1) is 16.7. The molecule has 172 valence electrons. The summed E-state index contributed by atoms with van der Waals surface area (Å²) in [6.07, 6.45) is 1.49. The first-order valence-electron chi connectivity index (χ1n) is 11.1. The molecule has 0 saturated carbocycles. The van der Waals surface area contributed by atoms with Crippen molar-refractivity contribution in [3.05, 3.63) is 93.8 Å². The number of benzene rings is 3. The van der Waals surface area contributed by atoms with Gasteiger partial charge in [0, 0.05) is 28.9 Å². The predicted molar refractivity (Wildman–Crippen MR) is 136 cm³/mol. The van der Waals surface area contributed by atoms with Crippen LogP contribution in [0.3, 0.4) is 0 Å². The molecular formula is C27H23ClN2O3S. The highest BCUT2D eigenvalue weighted by atomic mass is 35.5. The second-order valence-corrected chi connectivity index (χ2v) is 9.34. The first kappa shape index (κ1) is 22.4. The third-order valence-electron chi connectivity index (χ3n) is 5.56. The molecule has 4 aromatic rings. The maximum absolute atomic E-state index is 12.6. The SMILES string of the molecule is O=C1COc2ccc(-c3csc(Cc4ccccc4)n3)cc2N1CCCOc1ccc(Cl)cc1. The number of rotatable bonds is 8. The molecule has 0 N–H and O–H groups in total. The Labute approximate surface area is 207 Å². The molecule has 5 nitrogen and oxygen atoms in total. The van der Waals surface area contributed by atoms with E-state index in [0.29, 0.717) is 30.3 Å². The van der Waals surface area contributed by atoms with Crippen LogP contribution in [0.1, 0.15) is 17.0 Å². The molecule has 7 heteroatoms. The van der Waals surface area contributed by atoms with Crippen molar-refractivity contribution < 1.29 is 14.3 Å². The minimum absolute atomic E-state index is 0.0440. The van der Waals surface area contributed by atoms with Gasteiger partial charge in [0.2, 0.25) is 0 Å². The predicted octanol–water partition coefficient (Wildman–Crippen LogP) is 6.25. The normalized spacial score (nSPS) is 12.9. The lowest BCUT2D eigenvalue weighted by molar-refractivity contribution is -0.121. The average Bonchev–Trinajstić information content (AvgIpc) is 3.33. The lowest BCUT2D eigenvalue weighted by atomic mass is 10.1. The Morgan fingerprint density at radius 3 is 2.71 bits per heavy atom. The number of nitrogens with zero attached hydrogens (tertiary/aromatic N) is 2. The van der Waals surface area contributed by atoms with Gasteiger partial charge in [-0.3, -0.25) is 4.79 Å². The van der Waals surface area contributed by atoms with Gasteiger partial charge < -0.3 is 14.4 Å². The van der Waals surface area contributed by atoms with E-state index in [9.17, 15) is 4.79 Å². The van der Waals surface area contributed by atoms with Crippen LogP contribution in [0.15, 0.2) is 78.2 Å². The molecule has 0 spiro atoms. The van der Waals surface area contributed by atoms with Gasteiger partial charge >= 0.3 is 0 Å². The van der Waals surface area contributed by atoms with Gasteiger partial charge in [0.25, 0.3) is 5.91 Å². The zero-order valence-electron chi connectivity index (χ0n) is 18.4. The van der Waals surface area contributed by atoms with Crippen LogP contribution < -0.4 is 14.4 Å². The molecule has 5 rings (SSSR count). The molecule has 1 amide bonds. The van der Waals surface area contributed by atoms with Crippen LogP contribution in [0, 0.1) is 0 Å². The number of halogens is 1. The minimum Gasteiger partial charge on any atom is -0.494 e. The van der Waals surface area contributed by atoms with Crippen molar-refractivity contribution in [3.8, 4) is 22.8 Å². The van der Waals surface area contributed by atoms with Gasteiger partial charge in [-0.15, -0.1) is 11.3 Å². The molecule has 1 aliphatic rings. The highest BCUT2D eigenvalue weighted by Gasteiger charge is 2.26. The number of anilines is 1. The molecule has 1 aromatic heterocycles. The summed E-state index contributed by atoms with van der Waals surface area (Å²) in [6.45, 7) is 1.08. The molecule has 0 atom stereocenters. The van der Waals surface area contributed by atoms with Crippen molar-refractivity contribution in [2.24, 2.45) is 0 Å². The highest BCUT2D eigenvalue weighted by molar-refractivity contribution is 7.10. The number of carbonyl (C=O) groups is 1. The van der Waals surface area contributed by atoms with Gasteiger partial charge in [-0.2, -0.15) is 0 Å². The molecule has 0 unspecified atom stereocenters. The molecule has 0 radical (unpaired) electrons. The number of aromatic nitrogens is 1. The zero-order valence-corrected chi connectivity index (χ0v) is 20.0. The molecule has 1 aliphatic heterocycles. The fourth-order valence-electron chi connectivity index (χ4n) is 3.85. The summed E-state index contributed by atoms with van der Waals surface area (Å²) in [5.74, 6) is 1.41. The van der Waals surface area contributed by atoms with Crippen molar-refractivity contribution in [2.75, 3.05) is 24.7 Å². The molecular weight excluding hydrogens is 468 g/mol. The number of hydrogen-bond acceptors (Lipinski definition) is 5. The van der Waals surface area contributed by atoms with E-state index in [0.717, 1.165) is 34.1 Å². The van der Waals surface area contributed by atoms with Crippen LogP contribution in [0.5, 0.6) is 11.5 Å². The largest absolute Gasteiger partial charge is 0.494 e. The van der Waals surface area contributed by atoms with Gasteiger partial charge in [-0.25, -0.2) is 4.98 Å². The summed E-state index contributed by atoms with van der Waals surface area (Å²) in [7, 11) is 0. The van der Waals surface area contributed by atoms with Gasteiger partial charge in [0.05, 0.1) is 23.0 Å². The van der Waals surface area contributed by atoms with E-state index in [2.05, 4.69) is 17.5 Å². The van der Waals surface area contributed by atoms with E-state index in [1.165, 1.54) is 5.56 Å². The molecule has 0 bridgehead atoms. The molecule has 0 fully saturated rings. The minimum atomic E-state index is -0.0563. The third-order valence-corrected chi connectivity index (χ3v) is 6.66. The van der Waals surface area contributed by atoms with Crippen LogP contribution in [0.4, 0.5) is 5.69 Å². The molecule has 0 saturated heterocycles. The quantitative estimate of drug-likeness (QED) is 0.274. The Hall–Kier alpha value is -3.35. The first-order valence-corrected chi connectivity index (χ1v) is 12.4. The molecule has 2 heterocycles. The van der Waals surface area contributed by atoms with E-state index >= 15 is 0 Å². The number of amides is 1. The van der Waals surface area contributed by atoms with E-state index in [-0.39, 0.29) is 12.5 Å². The van der Waals surface area contributed by atoms with Gasteiger partial charge in [0.1, 0.15) is 11.5 Å². The zero-order chi connectivity index (χ0) is 23.3. The standard InChI is InChI=1S/C27H23ClN2O3S/c28-21-8-10-22(11-9-21)32-14-4-13-30-24-16-20(7-12-25(24)33-17-27(30)31)23-18-34-26(29-23)15-19-5-2-1-3-6-19/h1-3,5-12,16,18H,4,13-15,17H2. The van der Waals surface area contributed by atoms with Crippen molar-refractivity contribution in [3.63, 3.8) is 0 Å². The second-order valence-electron chi connectivity index (χ2n) is 7.96. The lowest BCUT2D eigenvalue weighted by Crippen LogP contribution is -2.39. The fraction of sp³-hybridized carbons (Fsp3) is 0.185. The number of hydrogen-bond donors (Lipinski definition) is 0. The number of fused-ring (bicyclic) bond motifs is 1. The Kier molecular flexibility index (Phi) is 6.79. The van der Waals surface area contributed by atoms with Crippen LogP contribution in [-0.4, -0.2) is 30.6 Å². The van der Waals surface area contributed by atoms with Gasteiger partial charge in [0.15, 0.2) is 6.61 Å². The second kappa shape index (κ2) is 10.3. The van der Waals surface area contributed by atoms with Crippen LogP contribution >= 0.6 is 22.9 Å². The Morgan fingerprint density at radius 1 is 1.06 bits per heavy atom. The maximum atomic E-state index is 12.6. The van der Waals surface area contributed by atoms with Gasteiger partial charge in [-0.05, 0) is 54.4 Å². The van der Waals surface area contributed by atoms with Gasteiger partial charge in [-0.1, -0.05) is 41.9 Å². The lowest BCUT2D eigenvalue weighted by Gasteiger charge is -2.29. The van der Waals surface area contributed by atoms with E-state index in [4.69, 9.17) is 26.1 Å². The van der Waals surface area contributed by atoms with E-state index in [1.807, 2.05) is 48.5 Å². The van der Waals surface area contributed by atoms with Crippen molar-refractivity contribution >= 4 is 34.5 Å². The average molecular weight is 491 g/mol. The molecule has 34 heavy (non-hydrogen) atoms. The summed E-state index contributed by atoms with van der Waals surface area (Å²) in [5, 5.41) is 3.80. The number of thiazole rings is 1. The topological polar surface area (TPSA) is 51.7 Å². The fourth-order valence-corrected chi connectivity index (χ4v) is 4.81. The Bertz CT molecular complexity index is 1270. The van der Waals surface area contributed by atoms with Crippen LogP contribution in [0.2, 0.25) is 5.02 Å².